The largest absolute Gasteiger partial charge is 0.466 e. The van der Waals surface area contributed by atoms with Crippen LogP contribution in [0.4, 0.5) is 0 Å². The number of aryl methyl sites for hydroxylation is 2. The smallest absolute Gasteiger partial charge is 0.309 e. The van der Waals surface area contributed by atoms with Gasteiger partial charge in [0.05, 0.1) is 18.2 Å². The van der Waals surface area contributed by atoms with Crippen molar-refractivity contribution in [3.05, 3.63) is 17.0 Å². The Morgan fingerprint density at radius 1 is 1.42 bits per heavy atom. The van der Waals surface area contributed by atoms with E-state index < -0.39 is 0 Å². The van der Waals surface area contributed by atoms with Crippen molar-refractivity contribution in [2.24, 2.45) is 10.9 Å². The minimum absolute atomic E-state index is 0. The normalized spacial score (nSPS) is 16.8. The molecule has 1 aliphatic rings. The molecule has 1 aromatic rings. The molecule has 1 unspecified atom stereocenters. The van der Waals surface area contributed by atoms with Crippen molar-refractivity contribution in [3.63, 3.8) is 0 Å². The number of aromatic nitrogens is 1. The molecule has 0 amide bonds. The number of carbonyl (C=O) groups excluding carboxylic acids is 1. The SMILES string of the molecule is CCOC(=O)C1CCN(C(=NC)NCC(C)c2c(C)noc2C)CC1.I. The molecule has 26 heavy (non-hydrogen) atoms. The molecule has 0 saturated carbocycles. The summed E-state index contributed by atoms with van der Waals surface area (Å²) in [6.45, 7) is 10.7. The average molecular weight is 478 g/mol. The molecule has 0 radical (unpaired) electrons. The van der Waals surface area contributed by atoms with E-state index in [1.807, 2.05) is 20.8 Å². The Balaban J connectivity index is 0.00000338. The van der Waals surface area contributed by atoms with E-state index in [1.165, 1.54) is 0 Å². The van der Waals surface area contributed by atoms with Crippen LogP contribution < -0.4 is 5.32 Å². The summed E-state index contributed by atoms with van der Waals surface area (Å²) in [7, 11) is 1.79. The number of carbonyl (C=O) groups is 1. The Morgan fingerprint density at radius 3 is 2.58 bits per heavy atom. The first-order valence-corrected chi connectivity index (χ1v) is 9.02. The summed E-state index contributed by atoms with van der Waals surface area (Å²) in [5.41, 5.74) is 2.10. The van der Waals surface area contributed by atoms with Gasteiger partial charge in [0.25, 0.3) is 0 Å². The minimum Gasteiger partial charge on any atom is -0.466 e. The van der Waals surface area contributed by atoms with Crippen LogP contribution in [0.15, 0.2) is 9.52 Å². The predicted octanol–water partition coefficient (Wildman–Crippen LogP) is 2.86. The maximum absolute atomic E-state index is 11.9. The molecule has 1 fully saturated rings. The van der Waals surface area contributed by atoms with Crippen LogP contribution in [0, 0.1) is 19.8 Å². The summed E-state index contributed by atoms with van der Waals surface area (Å²) in [4.78, 5) is 18.4. The summed E-state index contributed by atoms with van der Waals surface area (Å²) < 4.78 is 10.4. The lowest BCUT2D eigenvalue weighted by atomic mass is 9.97. The van der Waals surface area contributed by atoms with Gasteiger partial charge in [-0.3, -0.25) is 9.79 Å². The summed E-state index contributed by atoms with van der Waals surface area (Å²) in [5, 5.41) is 7.47. The second-order valence-electron chi connectivity index (χ2n) is 6.58. The molecular weight excluding hydrogens is 447 g/mol. The number of halogens is 1. The van der Waals surface area contributed by atoms with Crippen molar-refractivity contribution < 1.29 is 14.1 Å². The number of hydrogen-bond donors (Lipinski definition) is 1. The van der Waals surface area contributed by atoms with Gasteiger partial charge in [-0.25, -0.2) is 0 Å². The summed E-state index contributed by atoms with van der Waals surface area (Å²) >= 11 is 0. The summed E-state index contributed by atoms with van der Waals surface area (Å²) in [6, 6.07) is 0. The molecule has 1 aliphatic heterocycles. The van der Waals surface area contributed by atoms with E-state index in [1.54, 1.807) is 7.05 Å². The minimum atomic E-state index is -0.0721. The van der Waals surface area contributed by atoms with Crippen molar-refractivity contribution in [1.29, 1.82) is 0 Å². The fraction of sp³-hybridized carbons (Fsp3) is 0.722. The molecule has 7 nitrogen and oxygen atoms in total. The van der Waals surface area contributed by atoms with E-state index in [2.05, 4.69) is 27.3 Å². The number of esters is 1. The second kappa shape index (κ2) is 10.7. The van der Waals surface area contributed by atoms with Crippen molar-refractivity contribution in [3.8, 4) is 0 Å². The molecule has 2 heterocycles. The van der Waals surface area contributed by atoms with Crippen LogP contribution in [0.25, 0.3) is 0 Å². The van der Waals surface area contributed by atoms with Crippen molar-refractivity contribution in [1.82, 2.24) is 15.4 Å². The van der Waals surface area contributed by atoms with Gasteiger partial charge >= 0.3 is 5.97 Å². The first-order chi connectivity index (χ1) is 12.0. The lowest BCUT2D eigenvalue weighted by Crippen LogP contribution is -2.47. The van der Waals surface area contributed by atoms with Crippen LogP contribution in [0.2, 0.25) is 0 Å². The first-order valence-electron chi connectivity index (χ1n) is 9.02. The van der Waals surface area contributed by atoms with Gasteiger partial charge in [0.15, 0.2) is 5.96 Å². The third-order valence-corrected chi connectivity index (χ3v) is 4.77. The molecule has 0 aliphatic carbocycles. The number of piperidine rings is 1. The molecule has 148 valence electrons. The van der Waals surface area contributed by atoms with Gasteiger partial charge in [0.2, 0.25) is 0 Å². The topological polar surface area (TPSA) is 80.0 Å². The number of likely N-dealkylation sites (tertiary alicyclic amines) is 1. The van der Waals surface area contributed by atoms with Crippen LogP contribution in [0.1, 0.15) is 49.6 Å². The zero-order valence-electron chi connectivity index (χ0n) is 16.4. The number of ether oxygens (including phenoxy) is 1. The van der Waals surface area contributed by atoms with Gasteiger partial charge in [-0.1, -0.05) is 12.1 Å². The van der Waals surface area contributed by atoms with E-state index in [4.69, 9.17) is 9.26 Å². The van der Waals surface area contributed by atoms with Gasteiger partial charge in [-0.15, -0.1) is 24.0 Å². The third kappa shape index (κ3) is 5.59. The molecule has 0 bridgehead atoms. The Bertz CT molecular complexity index is 590. The highest BCUT2D eigenvalue weighted by atomic mass is 127. The van der Waals surface area contributed by atoms with Crippen molar-refractivity contribution >= 4 is 35.9 Å². The van der Waals surface area contributed by atoms with Gasteiger partial charge in [-0.2, -0.15) is 0 Å². The van der Waals surface area contributed by atoms with E-state index in [0.717, 1.165) is 55.5 Å². The van der Waals surface area contributed by atoms with Crippen molar-refractivity contribution in [2.45, 2.75) is 46.5 Å². The fourth-order valence-corrected chi connectivity index (χ4v) is 3.46. The number of guanidine groups is 1. The van der Waals surface area contributed by atoms with Crippen LogP contribution >= 0.6 is 24.0 Å². The standard InChI is InChI=1S/C18H30N4O3.HI/c1-6-24-17(23)15-7-9-22(10-8-15)18(19-5)20-11-12(2)16-13(3)21-25-14(16)4;/h12,15H,6-11H2,1-5H3,(H,19,20);1H. The number of hydrogen-bond acceptors (Lipinski definition) is 5. The highest BCUT2D eigenvalue weighted by Gasteiger charge is 2.27. The maximum Gasteiger partial charge on any atom is 0.309 e. The maximum atomic E-state index is 11.9. The highest BCUT2D eigenvalue weighted by Crippen LogP contribution is 2.23. The molecule has 0 aromatic carbocycles. The molecular formula is C18H31IN4O3. The third-order valence-electron chi connectivity index (χ3n) is 4.77. The number of nitrogens with zero attached hydrogens (tertiary/aromatic N) is 3. The molecule has 1 aromatic heterocycles. The monoisotopic (exact) mass is 478 g/mol. The van der Waals surface area contributed by atoms with Gasteiger partial charge in [-0.05, 0) is 33.6 Å². The Labute approximate surface area is 172 Å². The number of nitrogens with one attached hydrogen (secondary N) is 1. The zero-order valence-corrected chi connectivity index (χ0v) is 18.7. The molecule has 1 N–H and O–H groups in total. The fourth-order valence-electron chi connectivity index (χ4n) is 3.46. The molecule has 1 atom stereocenters. The molecule has 0 spiro atoms. The zero-order chi connectivity index (χ0) is 18.4. The average Bonchev–Trinajstić information content (AvgIpc) is 2.94. The molecule has 8 heteroatoms. The van der Waals surface area contributed by atoms with E-state index in [9.17, 15) is 4.79 Å². The van der Waals surface area contributed by atoms with Crippen LogP contribution in [0.3, 0.4) is 0 Å². The summed E-state index contributed by atoms with van der Waals surface area (Å²) in [6.07, 6.45) is 1.61. The van der Waals surface area contributed by atoms with Gasteiger partial charge in [0.1, 0.15) is 5.76 Å². The Kier molecular flexibility index (Phi) is 9.38. The lowest BCUT2D eigenvalue weighted by molar-refractivity contribution is -0.149. The number of aliphatic imine (C=N–C) groups is 1. The Hall–Kier alpha value is -1.32. The van der Waals surface area contributed by atoms with E-state index in [-0.39, 0.29) is 41.8 Å². The van der Waals surface area contributed by atoms with E-state index >= 15 is 0 Å². The van der Waals surface area contributed by atoms with Crippen molar-refractivity contribution in [2.75, 3.05) is 33.3 Å². The number of rotatable bonds is 5. The second-order valence-corrected chi connectivity index (χ2v) is 6.58. The highest BCUT2D eigenvalue weighted by molar-refractivity contribution is 14.0. The summed E-state index contributed by atoms with van der Waals surface area (Å²) in [5.74, 6) is 1.96. The first kappa shape index (κ1) is 22.7. The lowest BCUT2D eigenvalue weighted by Gasteiger charge is -2.33. The van der Waals surface area contributed by atoms with Gasteiger partial charge < -0.3 is 19.5 Å². The van der Waals surface area contributed by atoms with Crippen LogP contribution in [-0.4, -0.2) is 55.3 Å². The molecule has 2 rings (SSSR count). The Morgan fingerprint density at radius 2 is 2.08 bits per heavy atom. The molecule has 1 saturated heterocycles. The quantitative estimate of drug-likeness (QED) is 0.304. The van der Waals surface area contributed by atoms with Crippen LogP contribution in [-0.2, 0) is 9.53 Å². The van der Waals surface area contributed by atoms with Crippen LogP contribution in [0.5, 0.6) is 0 Å². The predicted molar refractivity (Wildman–Crippen MR) is 112 cm³/mol. The van der Waals surface area contributed by atoms with Gasteiger partial charge in [0, 0.05) is 38.2 Å². The van der Waals surface area contributed by atoms with E-state index in [0.29, 0.717) is 6.61 Å².